The molecule has 18 heavy (non-hydrogen) atoms. The van der Waals surface area contributed by atoms with Gasteiger partial charge in [-0.1, -0.05) is 30.7 Å². The summed E-state index contributed by atoms with van der Waals surface area (Å²) in [6.45, 7) is 0.304. The molecular weight excluding hydrogens is 226 g/mol. The highest BCUT2D eigenvalue weighted by Crippen LogP contribution is 2.53. The molecule has 0 saturated heterocycles. The van der Waals surface area contributed by atoms with E-state index >= 15 is 0 Å². The van der Waals surface area contributed by atoms with Gasteiger partial charge in [0.2, 0.25) is 0 Å². The zero-order chi connectivity index (χ0) is 12.5. The van der Waals surface area contributed by atoms with Gasteiger partial charge >= 0.3 is 5.97 Å². The van der Waals surface area contributed by atoms with E-state index in [0.717, 1.165) is 0 Å². The third-order valence-electron chi connectivity index (χ3n) is 4.42. The predicted octanol–water partition coefficient (Wildman–Crippen LogP) is 2.39. The van der Waals surface area contributed by atoms with Crippen LogP contribution in [0.15, 0.2) is 24.3 Å². The molecule has 2 aliphatic carbocycles. The minimum Gasteiger partial charge on any atom is -0.468 e. The molecule has 0 aromatic heterocycles. The average Bonchev–Trinajstić information content (AvgIpc) is 2.97. The maximum Gasteiger partial charge on any atom is 0.319 e. The van der Waals surface area contributed by atoms with Crippen molar-refractivity contribution in [2.75, 3.05) is 13.7 Å². The normalized spacial score (nSPS) is 28.8. The first-order valence-corrected chi connectivity index (χ1v) is 6.70. The fourth-order valence-corrected chi connectivity index (χ4v) is 3.66. The van der Waals surface area contributed by atoms with Crippen molar-refractivity contribution in [3.8, 4) is 0 Å². The van der Waals surface area contributed by atoms with E-state index in [1.165, 1.54) is 37.5 Å². The van der Waals surface area contributed by atoms with Crippen LogP contribution in [0.5, 0.6) is 0 Å². The lowest BCUT2D eigenvalue weighted by Crippen LogP contribution is -2.30. The van der Waals surface area contributed by atoms with E-state index in [1.54, 1.807) is 0 Å². The lowest BCUT2D eigenvalue weighted by molar-refractivity contribution is -0.139. The standard InChI is InChI=1S/C15H19NO2/c1-18-14(17)9-16-15-12-6-3-2-5-10(12)11-7-4-8-13(11)15/h2-3,5-6,11,13,15-16H,4,7-9H2,1H3. The van der Waals surface area contributed by atoms with Gasteiger partial charge in [-0.15, -0.1) is 0 Å². The molecule has 1 fully saturated rings. The monoisotopic (exact) mass is 245 g/mol. The smallest absolute Gasteiger partial charge is 0.319 e. The summed E-state index contributed by atoms with van der Waals surface area (Å²) in [5.74, 6) is 1.16. The molecule has 2 aliphatic rings. The number of hydrogen-bond donors (Lipinski definition) is 1. The molecule has 3 unspecified atom stereocenters. The zero-order valence-corrected chi connectivity index (χ0v) is 10.7. The molecule has 1 saturated carbocycles. The van der Waals surface area contributed by atoms with Gasteiger partial charge in [0.15, 0.2) is 0 Å². The number of fused-ring (bicyclic) bond motifs is 3. The molecular formula is C15H19NO2. The van der Waals surface area contributed by atoms with Gasteiger partial charge in [-0.2, -0.15) is 0 Å². The van der Waals surface area contributed by atoms with Crippen molar-refractivity contribution < 1.29 is 9.53 Å². The van der Waals surface area contributed by atoms with Crippen LogP contribution in [0.3, 0.4) is 0 Å². The first-order valence-electron chi connectivity index (χ1n) is 6.70. The van der Waals surface area contributed by atoms with Crippen LogP contribution in [0, 0.1) is 5.92 Å². The third kappa shape index (κ3) is 1.83. The summed E-state index contributed by atoms with van der Waals surface area (Å²) >= 11 is 0. The first-order chi connectivity index (χ1) is 8.81. The molecule has 1 aromatic rings. The topological polar surface area (TPSA) is 38.3 Å². The lowest BCUT2D eigenvalue weighted by Gasteiger charge is -2.20. The van der Waals surface area contributed by atoms with Crippen molar-refractivity contribution in [3.63, 3.8) is 0 Å². The van der Waals surface area contributed by atoms with E-state index in [2.05, 4.69) is 29.6 Å². The molecule has 3 atom stereocenters. The second-order valence-electron chi connectivity index (χ2n) is 5.26. The second kappa shape index (κ2) is 4.73. The highest BCUT2D eigenvalue weighted by molar-refractivity contribution is 5.71. The van der Waals surface area contributed by atoms with Gasteiger partial charge in [-0.05, 0) is 35.8 Å². The van der Waals surface area contributed by atoms with Crippen LogP contribution >= 0.6 is 0 Å². The van der Waals surface area contributed by atoms with Gasteiger partial charge in [0.25, 0.3) is 0 Å². The summed E-state index contributed by atoms with van der Waals surface area (Å²) in [5, 5.41) is 3.39. The van der Waals surface area contributed by atoms with Gasteiger partial charge in [0.1, 0.15) is 0 Å². The van der Waals surface area contributed by atoms with Gasteiger partial charge in [0, 0.05) is 6.04 Å². The molecule has 0 radical (unpaired) electrons. The number of esters is 1. The van der Waals surface area contributed by atoms with Crippen molar-refractivity contribution in [2.24, 2.45) is 5.92 Å². The second-order valence-corrected chi connectivity index (χ2v) is 5.26. The molecule has 0 spiro atoms. The SMILES string of the molecule is COC(=O)CNC1c2ccccc2C2CCCC21. The molecule has 0 heterocycles. The summed E-state index contributed by atoms with van der Waals surface area (Å²) < 4.78 is 4.71. The Morgan fingerprint density at radius 1 is 1.33 bits per heavy atom. The highest BCUT2D eigenvalue weighted by Gasteiger charge is 2.42. The van der Waals surface area contributed by atoms with Crippen LogP contribution in [0.2, 0.25) is 0 Å². The minimum atomic E-state index is -0.186. The predicted molar refractivity (Wildman–Crippen MR) is 69.3 cm³/mol. The summed E-state index contributed by atoms with van der Waals surface area (Å²) in [5.41, 5.74) is 2.87. The quantitative estimate of drug-likeness (QED) is 0.831. The maximum atomic E-state index is 11.3. The molecule has 3 heteroatoms. The maximum absolute atomic E-state index is 11.3. The van der Waals surface area contributed by atoms with Crippen molar-refractivity contribution in [2.45, 2.75) is 31.2 Å². The zero-order valence-electron chi connectivity index (χ0n) is 10.7. The Hall–Kier alpha value is -1.35. The van der Waals surface area contributed by atoms with E-state index in [4.69, 9.17) is 4.74 Å². The van der Waals surface area contributed by atoms with Crippen molar-refractivity contribution in [3.05, 3.63) is 35.4 Å². The molecule has 3 rings (SSSR count). The summed E-state index contributed by atoms with van der Waals surface area (Å²) in [6, 6.07) is 8.98. The Kier molecular flexibility index (Phi) is 3.08. The Balaban J connectivity index is 1.82. The van der Waals surface area contributed by atoms with Crippen LogP contribution < -0.4 is 5.32 Å². The van der Waals surface area contributed by atoms with Gasteiger partial charge in [-0.3, -0.25) is 10.1 Å². The number of benzene rings is 1. The minimum absolute atomic E-state index is 0.186. The van der Waals surface area contributed by atoms with Gasteiger partial charge in [-0.25, -0.2) is 0 Å². The van der Waals surface area contributed by atoms with E-state index in [1.807, 2.05) is 0 Å². The Morgan fingerprint density at radius 2 is 2.11 bits per heavy atom. The molecule has 1 N–H and O–H groups in total. The largest absolute Gasteiger partial charge is 0.468 e. The van der Waals surface area contributed by atoms with E-state index < -0.39 is 0 Å². The van der Waals surface area contributed by atoms with Crippen molar-refractivity contribution in [1.29, 1.82) is 0 Å². The summed E-state index contributed by atoms with van der Waals surface area (Å²) in [4.78, 5) is 11.3. The fraction of sp³-hybridized carbons (Fsp3) is 0.533. The molecule has 0 bridgehead atoms. The van der Waals surface area contributed by atoms with Gasteiger partial charge in [0.05, 0.1) is 13.7 Å². The van der Waals surface area contributed by atoms with E-state index in [-0.39, 0.29) is 5.97 Å². The number of rotatable bonds is 3. The Bertz CT molecular complexity index is 458. The van der Waals surface area contributed by atoms with Crippen molar-refractivity contribution in [1.82, 2.24) is 5.32 Å². The number of hydrogen-bond acceptors (Lipinski definition) is 3. The Morgan fingerprint density at radius 3 is 2.89 bits per heavy atom. The summed E-state index contributed by atoms with van der Waals surface area (Å²) in [7, 11) is 1.44. The molecule has 1 aromatic carbocycles. The van der Waals surface area contributed by atoms with Crippen LogP contribution in [0.4, 0.5) is 0 Å². The Labute approximate surface area is 108 Å². The fourth-order valence-electron chi connectivity index (χ4n) is 3.66. The number of nitrogens with one attached hydrogen (secondary N) is 1. The average molecular weight is 245 g/mol. The molecule has 96 valence electrons. The molecule has 0 amide bonds. The molecule has 0 aliphatic heterocycles. The van der Waals surface area contributed by atoms with Crippen LogP contribution in [0.25, 0.3) is 0 Å². The van der Waals surface area contributed by atoms with Crippen LogP contribution in [-0.4, -0.2) is 19.6 Å². The number of methoxy groups -OCH3 is 1. The number of carbonyl (C=O) groups is 1. The summed E-state index contributed by atoms with van der Waals surface area (Å²) in [6.07, 6.45) is 3.86. The van der Waals surface area contributed by atoms with Crippen LogP contribution in [-0.2, 0) is 9.53 Å². The third-order valence-corrected chi connectivity index (χ3v) is 4.42. The number of carbonyl (C=O) groups excluding carboxylic acids is 1. The van der Waals surface area contributed by atoms with Crippen LogP contribution in [0.1, 0.15) is 42.3 Å². The van der Waals surface area contributed by atoms with Crippen molar-refractivity contribution >= 4 is 5.97 Å². The first kappa shape index (κ1) is 11.7. The number of ether oxygens (including phenoxy) is 1. The lowest BCUT2D eigenvalue weighted by atomic mass is 9.94. The van der Waals surface area contributed by atoms with Gasteiger partial charge < -0.3 is 4.74 Å². The van der Waals surface area contributed by atoms with E-state index in [9.17, 15) is 4.79 Å². The molecule has 3 nitrogen and oxygen atoms in total. The highest BCUT2D eigenvalue weighted by atomic mass is 16.5. The van der Waals surface area contributed by atoms with E-state index in [0.29, 0.717) is 24.4 Å².